The average molecular weight is 494 g/mol. The molecule has 0 aliphatic rings. The van der Waals surface area contributed by atoms with Crippen molar-refractivity contribution in [3.8, 4) is 0 Å². The summed E-state index contributed by atoms with van der Waals surface area (Å²) in [5.74, 6) is 0. The van der Waals surface area contributed by atoms with Gasteiger partial charge in [-0.3, -0.25) is 0 Å². The van der Waals surface area contributed by atoms with Gasteiger partial charge in [0.15, 0.2) is 0 Å². The van der Waals surface area contributed by atoms with Crippen LogP contribution < -0.4 is 0 Å². The molecule has 0 radical (unpaired) electrons. The van der Waals surface area contributed by atoms with Crippen LogP contribution in [-0.4, -0.2) is 9.55 Å². The van der Waals surface area contributed by atoms with Crippen molar-refractivity contribution in [1.82, 2.24) is 9.55 Å². The number of hydrogen-bond donors (Lipinski definition) is 0. The molecule has 138 valence electrons. The van der Waals surface area contributed by atoms with Crippen LogP contribution in [-0.2, 0) is 5.54 Å². The van der Waals surface area contributed by atoms with Crippen LogP contribution in [0.15, 0.2) is 107 Å². The summed E-state index contributed by atoms with van der Waals surface area (Å²) in [6.45, 7) is 0. The first kappa shape index (κ1) is 18.9. The van der Waals surface area contributed by atoms with E-state index < -0.39 is 5.54 Å². The molecule has 28 heavy (non-hydrogen) atoms. The maximum absolute atomic E-state index is 4.63. The highest BCUT2D eigenvalue weighted by atomic mass is 79.9. The molecular formula is C24H18Br2N2. The Morgan fingerprint density at radius 1 is 0.714 bits per heavy atom. The van der Waals surface area contributed by atoms with E-state index in [4.69, 9.17) is 0 Å². The molecule has 4 heteroatoms. The molecule has 0 saturated carbocycles. The highest BCUT2D eigenvalue weighted by Crippen LogP contribution is 2.40. The van der Waals surface area contributed by atoms with Crippen LogP contribution >= 0.6 is 31.9 Å². The van der Waals surface area contributed by atoms with Crippen molar-refractivity contribution in [1.29, 1.82) is 0 Å². The van der Waals surface area contributed by atoms with Gasteiger partial charge in [0, 0.05) is 6.20 Å². The number of halogens is 2. The van der Waals surface area contributed by atoms with E-state index in [1.54, 1.807) is 0 Å². The summed E-state index contributed by atoms with van der Waals surface area (Å²) in [6.07, 6.45) is 5.93. The molecule has 2 nitrogen and oxygen atoms in total. The van der Waals surface area contributed by atoms with Crippen molar-refractivity contribution in [3.05, 3.63) is 129 Å². The molecule has 0 amide bonds. The van der Waals surface area contributed by atoms with Gasteiger partial charge in [-0.25, -0.2) is 4.98 Å². The highest BCUT2D eigenvalue weighted by molar-refractivity contribution is 9.28. The van der Waals surface area contributed by atoms with Crippen LogP contribution in [0.3, 0.4) is 0 Å². The second-order valence-electron chi connectivity index (χ2n) is 6.45. The molecule has 0 saturated heterocycles. The Morgan fingerprint density at radius 3 is 1.54 bits per heavy atom. The molecule has 1 aromatic heterocycles. The average Bonchev–Trinajstić information content (AvgIpc) is 3.19. The summed E-state index contributed by atoms with van der Waals surface area (Å²) in [4.78, 5) is 4.63. The predicted octanol–water partition coefficient (Wildman–Crippen LogP) is 6.81. The van der Waals surface area contributed by atoms with Crippen LogP contribution in [0.5, 0.6) is 0 Å². The van der Waals surface area contributed by atoms with E-state index in [1.165, 1.54) is 16.7 Å². The Kier molecular flexibility index (Phi) is 5.60. The number of benzene rings is 3. The number of rotatable bonds is 5. The molecule has 0 fully saturated rings. The first-order valence-corrected chi connectivity index (χ1v) is 10.5. The number of nitrogens with zero attached hydrogens (tertiary/aromatic N) is 2. The molecule has 0 spiro atoms. The van der Waals surface area contributed by atoms with E-state index >= 15 is 0 Å². The van der Waals surface area contributed by atoms with Crippen LogP contribution in [0.2, 0.25) is 0 Å². The number of imidazole rings is 1. The Labute approximate surface area is 181 Å². The van der Waals surface area contributed by atoms with E-state index in [2.05, 4.69) is 120 Å². The molecular weight excluding hydrogens is 476 g/mol. The minimum atomic E-state index is -0.526. The van der Waals surface area contributed by atoms with Crippen LogP contribution in [0.25, 0.3) is 6.08 Å². The van der Waals surface area contributed by atoms with Crippen molar-refractivity contribution in [3.63, 3.8) is 0 Å². The van der Waals surface area contributed by atoms with Gasteiger partial charge in [0.25, 0.3) is 0 Å². The number of aromatic nitrogens is 2. The lowest BCUT2D eigenvalue weighted by molar-refractivity contribution is 0.514. The second kappa shape index (κ2) is 8.29. The Balaban J connectivity index is 2.07. The first-order valence-electron chi connectivity index (χ1n) is 8.95. The largest absolute Gasteiger partial charge is 0.318 e. The second-order valence-corrected chi connectivity index (χ2v) is 9.22. The highest BCUT2D eigenvalue weighted by Gasteiger charge is 2.38. The topological polar surface area (TPSA) is 17.8 Å². The Hall–Kier alpha value is -2.43. The summed E-state index contributed by atoms with van der Waals surface area (Å²) < 4.78 is 3.05. The molecule has 0 atom stereocenters. The van der Waals surface area contributed by atoms with E-state index in [1.807, 2.05) is 30.6 Å². The van der Waals surface area contributed by atoms with E-state index in [0.29, 0.717) is 0 Å². The summed E-state index contributed by atoms with van der Waals surface area (Å²) in [5.41, 5.74) is 3.88. The lowest BCUT2D eigenvalue weighted by Crippen LogP contribution is -2.36. The van der Waals surface area contributed by atoms with Crippen molar-refractivity contribution >= 4 is 37.9 Å². The molecule has 0 bridgehead atoms. The summed E-state index contributed by atoms with van der Waals surface area (Å²) in [7, 11) is 0. The van der Waals surface area contributed by atoms with E-state index in [0.717, 1.165) is 9.09 Å². The maximum Gasteiger partial charge on any atom is 0.121 e. The van der Waals surface area contributed by atoms with Crippen molar-refractivity contribution in [2.45, 2.75) is 5.54 Å². The number of hydrogen-bond acceptors (Lipinski definition) is 1. The fraction of sp³-hybridized carbons (Fsp3) is 0.0417. The molecule has 0 unspecified atom stereocenters. The lowest BCUT2D eigenvalue weighted by atomic mass is 9.77. The fourth-order valence-corrected chi connectivity index (χ4v) is 4.16. The SMILES string of the molecule is BrC(Br)=Cc1cn(C(c2ccccc2)(c2ccccc2)c2ccccc2)cn1. The van der Waals surface area contributed by atoms with Gasteiger partial charge < -0.3 is 4.57 Å². The zero-order valence-electron chi connectivity index (χ0n) is 15.0. The first-order chi connectivity index (χ1) is 13.7. The zero-order valence-corrected chi connectivity index (χ0v) is 18.2. The molecule has 0 aliphatic carbocycles. The molecule has 4 aromatic rings. The van der Waals surface area contributed by atoms with Gasteiger partial charge in [0.1, 0.15) is 5.54 Å². The van der Waals surface area contributed by atoms with E-state index in [9.17, 15) is 0 Å². The molecule has 3 aromatic carbocycles. The van der Waals surface area contributed by atoms with Gasteiger partial charge in [0.2, 0.25) is 0 Å². The van der Waals surface area contributed by atoms with Crippen LogP contribution in [0, 0.1) is 0 Å². The molecule has 0 N–H and O–H groups in total. The van der Waals surface area contributed by atoms with Crippen molar-refractivity contribution in [2.24, 2.45) is 0 Å². The minimum absolute atomic E-state index is 0.526. The van der Waals surface area contributed by atoms with Crippen molar-refractivity contribution < 1.29 is 0 Å². The van der Waals surface area contributed by atoms with Crippen LogP contribution in [0.4, 0.5) is 0 Å². The summed E-state index contributed by atoms with van der Waals surface area (Å²) in [5, 5.41) is 0. The van der Waals surface area contributed by atoms with Gasteiger partial charge in [-0.1, -0.05) is 91.0 Å². The molecule has 4 rings (SSSR count). The third kappa shape index (κ3) is 3.50. The fourth-order valence-electron chi connectivity index (χ4n) is 3.69. The smallest absolute Gasteiger partial charge is 0.121 e. The summed E-state index contributed by atoms with van der Waals surface area (Å²) in [6, 6.07) is 31.7. The minimum Gasteiger partial charge on any atom is -0.318 e. The van der Waals surface area contributed by atoms with E-state index in [-0.39, 0.29) is 0 Å². The normalized spacial score (nSPS) is 11.2. The quantitative estimate of drug-likeness (QED) is 0.279. The zero-order chi connectivity index (χ0) is 19.4. The van der Waals surface area contributed by atoms with Gasteiger partial charge in [-0.2, -0.15) is 0 Å². The monoisotopic (exact) mass is 492 g/mol. The lowest BCUT2D eigenvalue weighted by Gasteiger charge is -2.37. The Bertz CT molecular complexity index is 971. The van der Waals surface area contributed by atoms with Crippen LogP contribution in [0.1, 0.15) is 22.4 Å². The van der Waals surface area contributed by atoms with Gasteiger partial charge >= 0.3 is 0 Å². The standard InChI is InChI=1S/C24H18Br2N2/c25-23(26)16-22-17-28(18-27-22)24(19-10-4-1-5-11-19,20-12-6-2-7-13-20)21-14-8-3-9-15-21/h1-18H. The van der Waals surface area contributed by atoms with Gasteiger partial charge in [0.05, 0.1) is 15.4 Å². The van der Waals surface area contributed by atoms with Crippen molar-refractivity contribution in [2.75, 3.05) is 0 Å². The van der Waals surface area contributed by atoms with Gasteiger partial charge in [-0.15, -0.1) is 0 Å². The third-order valence-electron chi connectivity index (χ3n) is 4.82. The third-order valence-corrected chi connectivity index (χ3v) is 5.28. The maximum atomic E-state index is 4.63. The molecule has 1 heterocycles. The predicted molar refractivity (Wildman–Crippen MR) is 123 cm³/mol. The molecule has 0 aliphatic heterocycles. The Morgan fingerprint density at radius 2 is 1.14 bits per heavy atom. The summed E-state index contributed by atoms with van der Waals surface area (Å²) >= 11 is 6.87. The van der Waals surface area contributed by atoms with Gasteiger partial charge in [-0.05, 0) is 54.6 Å².